The summed E-state index contributed by atoms with van der Waals surface area (Å²) in [5.41, 5.74) is 0.460. The van der Waals surface area contributed by atoms with Gasteiger partial charge in [-0.3, -0.25) is 0 Å². The minimum absolute atomic E-state index is 0.0219. The minimum Gasteiger partial charge on any atom is -0.422 e. The fraction of sp³-hybridized carbons (Fsp3) is 0. The largest absolute Gasteiger partial charge is 0.505 e. The van der Waals surface area contributed by atoms with Crippen LogP contribution < -0.4 is 11.2 Å². The topological polar surface area (TPSA) is 125 Å². The predicted molar refractivity (Wildman–Crippen MR) is 90.4 cm³/mol. The van der Waals surface area contributed by atoms with E-state index in [1.807, 2.05) is 0 Å². The van der Waals surface area contributed by atoms with Crippen molar-refractivity contribution in [3.63, 3.8) is 0 Å². The van der Waals surface area contributed by atoms with Crippen LogP contribution in [0, 0.1) is 0 Å². The highest BCUT2D eigenvalue weighted by Crippen LogP contribution is 2.24. The SMILES string of the molecule is O=c1oc2ccc(Cl)cc2cc1-c1nc(-c2ccc(B(O)O)[nH]2)no1. The van der Waals surface area contributed by atoms with Gasteiger partial charge in [-0.25, -0.2) is 4.79 Å². The number of hydrogen-bond acceptors (Lipinski definition) is 7. The van der Waals surface area contributed by atoms with Crippen LogP contribution in [0.25, 0.3) is 33.9 Å². The van der Waals surface area contributed by atoms with Gasteiger partial charge in [0.1, 0.15) is 11.1 Å². The lowest BCUT2D eigenvalue weighted by molar-refractivity contribution is 0.424. The number of benzene rings is 1. The quantitative estimate of drug-likeness (QED) is 0.371. The number of fused-ring (bicyclic) bond motifs is 1. The summed E-state index contributed by atoms with van der Waals surface area (Å²) in [6.07, 6.45) is 0. The summed E-state index contributed by atoms with van der Waals surface area (Å²) < 4.78 is 10.4. The first-order chi connectivity index (χ1) is 12.0. The van der Waals surface area contributed by atoms with Crippen molar-refractivity contribution < 1.29 is 19.0 Å². The Morgan fingerprint density at radius 3 is 2.76 bits per heavy atom. The number of aromatic nitrogens is 3. The Morgan fingerprint density at radius 1 is 1.16 bits per heavy atom. The number of rotatable bonds is 3. The maximum absolute atomic E-state index is 12.2. The second-order valence-corrected chi connectivity index (χ2v) is 5.69. The molecule has 3 aromatic heterocycles. The zero-order chi connectivity index (χ0) is 17.6. The van der Waals surface area contributed by atoms with Crippen molar-refractivity contribution in [3.8, 4) is 23.0 Å². The van der Waals surface area contributed by atoms with Crippen LogP contribution in [0.2, 0.25) is 5.02 Å². The van der Waals surface area contributed by atoms with E-state index < -0.39 is 12.7 Å². The van der Waals surface area contributed by atoms with Crippen LogP contribution in [0.15, 0.2) is 50.1 Å². The molecule has 0 aliphatic heterocycles. The second kappa shape index (κ2) is 5.89. The van der Waals surface area contributed by atoms with Crippen molar-refractivity contribution in [3.05, 3.63) is 51.8 Å². The van der Waals surface area contributed by atoms with Gasteiger partial charge in [0.25, 0.3) is 5.89 Å². The van der Waals surface area contributed by atoms with E-state index in [2.05, 4.69) is 15.1 Å². The Hall–Kier alpha value is -2.88. The molecule has 0 radical (unpaired) electrons. The second-order valence-electron chi connectivity index (χ2n) is 5.25. The Labute approximate surface area is 144 Å². The Balaban J connectivity index is 1.77. The van der Waals surface area contributed by atoms with E-state index in [1.54, 1.807) is 30.3 Å². The molecule has 0 unspecified atom stereocenters. The van der Waals surface area contributed by atoms with Gasteiger partial charge in [0.15, 0.2) is 0 Å². The van der Waals surface area contributed by atoms with E-state index in [9.17, 15) is 4.79 Å². The molecule has 0 amide bonds. The van der Waals surface area contributed by atoms with Crippen LogP contribution in [0.5, 0.6) is 0 Å². The third-order valence-corrected chi connectivity index (χ3v) is 3.81. The van der Waals surface area contributed by atoms with E-state index in [0.29, 0.717) is 21.7 Å². The molecule has 124 valence electrons. The van der Waals surface area contributed by atoms with Gasteiger partial charge in [0, 0.05) is 16.0 Å². The van der Waals surface area contributed by atoms with Gasteiger partial charge in [-0.1, -0.05) is 16.8 Å². The van der Waals surface area contributed by atoms with Gasteiger partial charge in [0.2, 0.25) is 5.82 Å². The molecule has 0 fully saturated rings. The number of H-pyrrole nitrogens is 1. The molecule has 0 atom stereocenters. The van der Waals surface area contributed by atoms with Crippen LogP contribution in [-0.2, 0) is 0 Å². The summed E-state index contributed by atoms with van der Waals surface area (Å²) in [7, 11) is -1.64. The summed E-state index contributed by atoms with van der Waals surface area (Å²) in [4.78, 5) is 19.0. The zero-order valence-corrected chi connectivity index (χ0v) is 13.2. The molecular weight excluding hydrogens is 348 g/mol. The fourth-order valence-corrected chi connectivity index (χ4v) is 2.56. The first-order valence-corrected chi connectivity index (χ1v) is 7.52. The number of hydrogen-bond donors (Lipinski definition) is 3. The van der Waals surface area contributed by atoms with Crippen LogP contribution >= 0.6 is 11.6 Å². The third kappa shape index (κ3) is 2.84. The fourth-order valence-electron chi connectivity index (χ4n) is 2.38. The average molecular weight is 358 g/mol. The molecule has 3 heterocycles. The Bertz CT molecular complexity index is 1130. The number of nitrogens with zero attached hydrogens (tertiary/aromatic N) is 2. The summed E-state index contributed by atoms with van der Waals surface area (Å²) in [6.45, 7) is 0. The molecular formula is C15H9BClN3O5. The lowest BCUT2D eigenvalue weighted by Crippen LogP contribution is -2.30. The molecule has 25 heavy (non-hydrogen) atoms. The van der Waals surface area contributed by atoms with Crippen molar-refractivity contribution in [2.75, 3.05) is 0 Å². The van der Waals surface area contributed by atoms with Crippen molar-refractivity contribution in [2.45, 2.75) is 0 Å². The highest BCUT2D eigenvalue weighted by atomic mass is 35.5. The smallest absolute Gasteiger partial charge is 0.422 e. The zero-order valence-electron chi connectivity index (χ0n) is 12.4. The van der Waals surface area contributed by atoms with E-state index in [4.69, 9.17) is 30.6 Å². The van der Waals surface area contributed by atoms with Crippen LogP contribution in [0.3, 0.4) is 0 Å². The molecule has 4 rings (SSSR count). The lowest BCUT2D eigenvalue weighted by atomic mass is 9.87. The van der Waals surface area contributed by atoms with E-state index >= 15 is 0 Å². The molecule has 0 saturated carbocycles. The maximum atomic E-state index is 12.2. The minimum atomic E-state index is -1.64. The van der Waals surface area contributed by atoms with Gasteiger partial charge < -0.3 is 24.0 Å². The highest BCUT2D eigenvalue weighted by molar-refractivity contribution is 6.57. The third-order valence-electron chi connectivity index (χ3n) is 3.58. The van der Waals surface area contributed by atoms with Gasteiger partial charge >= 0.3 is 12.7 Å². The molecule has 0 saturated heterocycles. The molecule has 3 N–H and O–H groups in total. The Morgan fingerprint density at radius 2 is 2.00 bits per heavy atom. The molecule has 4 aromatic rings. The summed E-state index contributed by atoms with van der Waals surface area (Å²) >= 11 is 5.95. The summed E-state index contributed by atoms with van der Waals surface area (Å²) in [6, 6.07) is 9.47. The van der Waals surface area contributed by atoms with Gasteiger partial charge in [-0.15, -0.1) is 0 Å². The van der Waals surface area contributed by atoms with Crippen molar-refractivity contribution in [1.29, 1.82) is 0 Å². The predicted octanol–water partition coefficient (Wildman–Crippen LogP) is 1.17. The van der Waals surface area contributed by atoms with Crippen molar-refractivity contribution >= 4 is 35.3 Å². The van der Waals surface area contributed by atoms with E-state index in [0.717, 1.165) is 0 Å². The molecule has 0 bridgehead atoms. The summed E-state index contributed by atoms with van der Waals surface area (Å²) in [5.74, 6) is 0.138. The number of aromatic amines is 1. The average Bonchev–Trinajstić information content (AvgIpc) is 3.23. The molecule has 1 aromatic carbocycles. The van der Waals surface area contributed by atoms with Gasteiger partial charge in [0.05, 0.1) is 5.69 Å². The molecule has 0 aliphatic carbocycles. The number of halogens is 1. The van der Waals surface area contributed by atoms with Crippen LogP contribution in [-0.4, -0.2) is 32.3 Å². The molecule has 8 nitrogen and oxygen atoms in total. The monoisotopic (exact) mass is 357 g/mol. The summed E-state index contributed by atoms with van der Waals surface area (Å²) in [5, 5.41) is 23.1. The van der Waals surface area contributed by atoms with Crippen molar-refractivity contribution in [1.82, 2.24) is 15.1 Å². The van der Waals surface area contributed by atoms with Crippen molar-refractivity contribution in [2.24, 2.45) is 0 Å². The van der Waals surface area contributed by atoms with E-state index in [1.165, 1.54) is 6.07 Å². The first-order valence-electron chi connectivity index (χ1n) is 7.14. The standard InChI is InChI=1S/C15H9BClN3O5/c17-8-1-3-11-7(5-8)6-9(15(21)24-11)14-19-13(20-25-14)10-2-4-12(18-10)16(22)23/h1-6,18,22-23H. The van der Waals surface area contributed by atoms with Gasteiger partial charge in [-0.2, -0.15) is 4.98 Å². The maximum Gasteiger partial charge on any atom is 0.505 e. The van der Waals surface area contributed by atoms with Crippen LogP contribution in [0.1, 0.15) is 0 Å². The van der Waals surface area contributed by atoms with E-state index in [-0.39, 0.29) is 22.9 Å². The molecule has 10 heteroatoms. The van der Waals surface area contributed by atoms with Crippen LogP contribution in [0.4, 0.5) is 0 Å². The Kier molecular flexibility index (Phi) is 3.68. The number of nitrogens with one attached hydrogen (secondary N) is 1. The normalized spacial score (nSPS) is 11.2. The molecule has 0 aliphatic rings. The highest BCUT2D eigenvalue weighted by Gasteiger charge is 2.19. The van der Waals surface area contributed by atoms with Gasteiger partial charge in [-0.05, 0) is 36.4 Å². The molecule has 0 spiro atoms. The first kappa shape index (κ1) is 15.6. The lowest BCUT2D eigenvalue weighted by Gasteiger charge is -1.98.